The molecule has 4 rings (SSSR count). The van der Waals surface area contributed by atoms with E-state index in [0.29, 0.717) is 23.3 Å². The molecule has 0 aromatic heterocycles. The van der Waals surface area contributed by atoms with E-state index in [4.69, 9.17) is 4.99 Å². The first-order valence-corrected chi connectivity index (χ1v) is 11.6. The first kappa shape index (κ1) is 21.3. The summed E-state index contributed by atoms with van der Waals surface area (Å²) in [4.78, 5) is 36.5. The summed E-state index contributed by atoms with van der Waals surface area (Å²) in [7, 11) is 0. The maximum atomic E-state index is 13.2. The van der Waals surface area contributed by atoms with Crippen LogP contribution in [0.15, 0.2) is 58.5 Å². The molecule has 0 spiro atoms. The number of aryl methyl sites for hydroxylation is 1. The zero-order chi connectivity index (χ0) is 21.8. The normalized spacial score (nSPS) is 17.0. The van der Waals surface area contributed by atoms with Gasteiger partial charge in [0.2, 0.25) is 5.91 Å². The molecule has 31 heavy (non-hydrogen) atoms. The molecule has 1 atom stereocenters. The maximum Gasteiger partial charge on any atom is 0.259 e. The molecule has 0 radical (unpaired) electrons. The number of para-hydroxylation sites is 1. The van der Waals surface area contributed by atoms with Crippen molar-refractivity contribution >= 4 is 40.3 Å². The number of nitrogens with zero attached hydrogens (tertiary/aromatic N) is 3. The van der Waals surface area contributed by atoms with E-state index in [-0.39, 0.29) is 18.2 Å². The molecule has 2 heterocycles. The van der Waals surface area contributed by atoms with Gasteiger partial charge in [-0.1, -0.05) is 67.1 Å². The molecule has 1 N–H and O–H groups in total. The number of amides is 2. The van der Waals surface area contributed by atoms with E-state index >= 15 is 0 Å². The lowest BCUT2D eigenvalue weighted by Gasteiger charge is -2.25. The molecular formula is C24H26N4O2S. The van der Waals surface area contributed by atoms with Gasteiger partial charge in [0.25, 0.3) is 5.91 Å². The second-order valence-corrected chi connectivity index (χ2v) is 8.68. The summed E-state index contributed by atoms with van der Waals surface area (Å²) in [5.41, 5.74) is 3.99. The van der Waals surface area contributed by atoms with E-state index < -0.39 is 6.04 Å². The SMILES string of the molecule is CCCCNC(=O)C[C@@H]1N=C2c3ccccc3N=C(SCc3ccc(C)cc3)N2C1=O. The largest absolute Gasteiger partial charge is 0.356 e. The minimum Gasteiger partial charge on any atom is -0.356 e. The molecule has 0 saturated carbocycles. The average molecular weight is 435 g/mol. The summed E-state index contributed by atoms with van der Waals surface area (Å²) >= 11 is 1.51. The fourth-order valence-electron chi connectivity index (χ4n) is 3.52. The van der Waals surface area contributed by atoms with Crippen LogP contribution in [0.5, 0.6) is 0 Å². The highest BCUT2D eigenvalue weighted by molar-refractivity contribution is 8.13. The number of carbonyl (C=O) groups is 2. The van der Waals surface area contributed by atoms with Crippen LogP contribution in [-0.4, -0.2) is 40.3 Å². The number of unbranched alkanes of at least 4 members (excludes halogenated alkanes) is 1. The van der Waals surface area contributed by atoms with Crippen LogP contribution in [0.4, 0.5) is 5.69 Å². The molecule has 2 aromatic carbocycles. The first-order valence-electron chi connectivity index (χ1n) is 10.6. The molecule has 6 nitrogen and oxygen atoms in total. The number of fused-ring (bicyclic) bond motifs is 3. The second-order valence-electron chi connectivity index (χ2n) is 7.74. The van der Waals surface area contributed by atoms with Crippen LogP contribution in [0, 0.1) is 6.92 Å². The summed E-state index contributed by atoms with van der Waals surface area (Å²) in [6.07, 6.45) is 1.99. The van der Waals surface area contributed by atoms with Gasteiger partial charge in [0, 0.05) is 17.9 Å². The summed E-state index contributed by atoms with van der Waals surface area (Å²) in [5, 5.41) is 3.49. The summed E-state index contributed by atoms with van der Waals surface area (Å²) in [6, 6.07) is 15.3. The number of carbonyl (C=O) groups excluding carboxylic acids is 2. The number of amidine groups is 2. The van der Waals surface area contributed by atoms with Crippen LogP contribution in [0.3, 0.4) is 0 Å². The minimum atomic E-state index is -0.715. The third-order valence-electron chi connectivity index (χ3n) is 5.27. The van der Waals surface area contributed by atoms with Gasteiger partial charge in [-0.05, 0) is 31.0 Å². The monoisotopic (exact) mass is 434 g/mol. The topological polar surface area (TPSA) is 74.1 Å². The van der Waals surface area contributed by atoms with Crippen LogP contribution in [0.2, 0.25) is 0 Å². The van der Waals surface area contributed by atoms with Crippen molar-refractivity contribution < 1.29 is 9.59 Å². The van der Waals surface area contributed by atoms with Gasteiger partial charge in [0.15, 0.2) is 5.17 Å². The van der Waals surface area contributed by atoms with E-state index in [1.54, 1.807) is 4.90 Å². The predicted molar refractivity (Wildman–Crippen MR) is 126 cm³/mol. The standard InChI is InChI=1S/C24H26N4O2S/c1-3-4-13-25-21(29)14-20-23(30)28-22(26-20)18-7-5-6-8-19(18)27-24(28)31-15-17-11-9-16(2)10-12-17/h5-12,20H,3-4,13-15H2,1-2H3,(H,25,29)/t20-/m0/s1. The summed E-state index contributed by atoms with van der Waals surface area (Å²) in [5.74, 6) is 0.953. The highest BCUT2D eigenvalue weighted by Gasteiger charge is 2.41. The molecule has 2 aliphatic heterocycles. The van der Waals surface area contributed by atoms with Crippen molar-refractivity contribution in [2.45, 2.75) is 44.9 Å². The molecule has 2 amide bonds. The Kier molecular flexibility index (Phi) is 6.51. The van der Waals surface area contributed by atoms with Gasteiger partial charge in [-0.3, -0.25) is 14.6 Å². The number of benzene rings is 2. The molecule has 0 bridgehead atoms. The van der Waals surface area contributed by atoms with Crippen molar-refractivity contribution in [3.05, 3.63) is 65.2 Å². The Morgan fingerprint density at radius 3 is 2.71 bits per heavy atom. The van der Waals surface area contributed by atoms with Crippen LogP contribution in [0.1, 0.15) is 42.9 Å². The van der Waals surface area contributed by atoms with Crippen LogP contribution < -0.4 is 5.32 Å². The van der Waals surface area contributed by atoms with Gasteiger partial charge in [-0.15, -0.1) is 0 Å². The van der Waals surface area contributed by atoms with Gasteiger partial charge < -0.3 is 5.32 Å². The van der Waals surface area contributed by atoms with Crippen molar-refractivity contribution in [3.63, 3.8) is 0 Å². The van der Waals surface area contributed by atoms with Crippen LogP contribution >= 0.6 is 11.8 Å². The van der Waals surface area contributed by atoms with Crippen molar-refractivity contribution in [1.29, 1.82) is 0 Å². The van der Waals surface area contributed by atoms with Crippen LogP contribution in [-0.2, 0) is 15.3 Å². The lowest BCUT2D eigenvalue weighted by molar-refractivity contribution is -0.128. The Balaban J connectivity index is 1.55. The van der Waals surface area contributed by atoms with Crippen LogP contribution in [0.25, 0.3) is 0 Å². The fraction of sp³-hybridized carbons (Fsp3) is 0.333. The average Bonchev–Trinajstić information content (AvgIpc) is 3.10. The van der Waals surface area contributed by atoms with Crippen molar-refractivity contribution in [3.8, 4) is 0 Å². The van der Waals surface area contributed by atoms with Crippen molar-refractivity contribution in [2.75, 3.05) is 6.54 Å². The molecule has 7 heteroatoms. The molecule has 2 aromatic rings. The maximum absolute atomic E-state index is 13.2. The highest BCUT2D eigenvalue weighted by atomic mass is 32.2. The molecular weight excluding hydrogens is 408 g/mol. The van der Waals surface area contributed by atoms with E-state index in [1.165, 1.54) is 17.3 Å². The third kappa shape index (κ3) is 4.71. The molecule has 2 aliphatic rings. The van der Waals surface area contributed by atoms with Crippen molar-refractivity contribution in [2.24, 2.45) is 9.98 Å². The number of hydrogen-bond donors (Lipinski definition) is 1. The Bertz CT molecular complexity index is 1050. The molecule has 0 fully saturated rings. The number of rotatable bonds is 7. The quantitative estimate of drug-likeness (QED) is 0.664. The number of hydrogen-bond acceptors (Lipinski definition) is 5. The molecule has 0 saturated heterocycles. The van der Waals surface area contributed by atoms with Gasteiger partial charge in [0.1, 0.15) is 11.9 Å². The van der Waals surface area contributed by atoms with E-state index in [2.05, 4.69) is 48.4 Å². The molecule has 0 unspecified atom stereocenters. The van der Waals surface area contributed by atoms with Gasteiger partial charge in [-0.25, -0.2) is 9.89 Å². The zero-order valence-corrected chi connectivity index (χ0v) is 18.6. The van der Waals surface area contributed by atoms with Crippen molar-refractivity contribution in [1.82, 2.24) is 10.2 Å². The Hall–Kier alpha value is -2.93. The Labute approximate surface area is 186 Å². The fourth-order valence-corrected chi connectivity index (χ4v) is 4.47. The lowest BCUT2D eigenvalue weighted by Crippen LogP contribution is -2.42. The molecule has 160 valence electrons. The van der Waals surface area contributed by atoms with E-state index in [1.807, 2.05) is 24.3 Å². The zero-order valence-electron chi connectivity index (χ0n) is 17.8. The number of thioether (sulfide) groups is 1. The summed E-state index contributed by atoms with van der Waals surface area (Å²) < 4.78 is 0. The minimum absolute atomic E-state index is 0.0562. The first-order chi connectivity index (χ1) is 15.1. The second kappa shape index (κ2) is 9.47. The molecule has 0 aliphatic carbocycles. The van der Waals surface area contributed by atoms with Gasteiger partial charge in [-0.2, -0.15) is 0 Å². The predicted octanol–water partition coefficient (Wildman–Crippen LogP) is 4.19. The Morgan fingerprint density at radius 1 is 1.16 bits per heavy atom. The summed E-state index contributed by atoms with van der Waals surface area (Å²) in [6.45, 7) is 4.75. The Morgan fingerprint density at radius 2 is 1.94 bits per heavy atom. The lowest BCUT2D eigenvalue weighted by atomic mass is 10.1. The van der Waals surface area contributed by atoms with E-state index in [0.717, 1.165) is 29.7 Å². The third-order valence-corrected chi connectivity index (χ3v) is 6.28. The smallest absolute Gasteiger partial charge is 0.259 e. The van der Waals surface area contributed by atoms with Gasteiger partial charge >= 0.3 is 0 Å². The van der Waals surface area contributed by atoms with Gasteiger partial charge in [0.05, 0.1) is 12.1 Å². The number of nitrogens with one attached hydrogen (secondary N) is 1. The van der Waals surface area contributed by atoms with E-state index in [9.17, 15) is 9.59 Å². The highest BCUT2D eigenvalue weighted by Crippen LogP contribution is 2.34. The number of aliphatic imine (C=N–C) groups is 2.